The molecule has 1 saturated carbocycles. The molecule has 1 fully saturated rings. The number of hydrogen-bond donors (Lipinski definition) is 1. The van der Waals surface area contributed by atoms with E-state index in [0.717, 1.165) is 25.7 Å². The van der Waals surface area contributed by atoms with Crippen molar-refractivity contribution >= 4 is 10.0 Å². The quantitative estimate of drug-likeness (QED) is 0.705. The second-order valence-electron chi connectivity index (χ2n) is 3.97. The van der Waals surface area contributed by atoms with Gasteiger partial charge in [0.05, 0.1) is 12.4 Å². The van der Waals surface area contributed by atoms with Crippen LogP contribution >= 0.6 is 0 Å². The van der Waals surface area contributed by atoms with Gasteiger partial charge in [0, 0.05) is 12.6 Å². The molecule has 0 unspecified atom stereocenters. The van der Waals surface area contributed by atoms with Crippen molar-refractivity contribution in [2.75, 3.05) is 19.0 Å². The van der Waals surface area contributed by atoms with E-state index < -0.39 is 10.0 Å². The lowest BCUT2D eigenvalue weighted by Gasteiger charge is -2.22. The molecule has 0 radical (unpaired) electrons. The first kappa shape index (κ1) is 12.9. The lowest BCUT2D eigenvalue weighted by atomic mass is 9.96. The van der Waals surface area contributed by atoms with Crippen LogP contribution in [-0.2, 0) is 14.8 Å². The Morgan fingerprint density at radius 3 is 2.53 bits per heavy atom. The van der Waals surface area contributed by atoms with E-state index in [4.69, 9.17) is 4.74 Å². The van der Waals surface area contributed by atoms with Gasteiger partial charge in [0.2, 0.25) is 10.0 Å². The van der Waals surface area contributed by atoms with Crippen molar-refractivity contribution in [3.63, 3.8) is 0 Å². The molecular weight excluding hydrogens is 214 g/mol. The molecule has 0 bridgehead atoms. The van der Waals surface area contributed by atoms with Crippen LogP contribution in [0.15, 0.2) is 0 Å². The summed E-state index contributed by atoms with van der Waals surface area (Å²) in [4.78, 5) is 0. The summed E-state index contributed by atoms with van der Waals surface area (Å²) in [6.07, 6.45) is 5.47. The maximum absolute atomic E-state index is 11.6. The van der Waals surface area contributed by atoms with Crippen LogP contribution in [0, 0.1) is 0 Å². The first-order chi connectivity index (χ1) is 7.14. The van der Waals surface area contributed by atoms with Gasteiger partial charge in [0.15, 0.2) is 0 Å². The molecule has 0 aromatic carbocycles. The van der Waals surface area contributed by atoms with Crippen molar-refractivity contribution in [3.8, 4) is 0 Å². The predicted molar refractivity (Wildman–Crippen MR) is 60.3 cm³/mol. The van der Waals surface area contributed by atoms with Crippen LogP contribution in [0.5, 0.6) is 0 Å². The van der Waals surface area contributed by atoms with E-state index in [9.17, 15) is 8.42 Å². The Morgan fingerprint density at radius 2 is 1.93 bits per heavy atom. The summed E-state index contributed by atoms with van der Waals surface area (Å²) in [5.41, 5.74) is 0. The van der Waals surface area contributed by atoms with Crippen LogP contribution in [0.25, 0.3) is 0 Å². The minimum Gasteiger partial charge on any atom is -0.381 e. The highest BCUT2D eigenvalue weighted by Crippen LogP contribution is 2.17. The predicted octanol–water partition coefficient (Wildman–Crippen LogP) is 1.27. The highest BCUT2D eigenvalue weighted by Gasteiger charge is 2.19. The van der Waals surface area contributed by atoms with Crippen LogP contribution in [0.4, 0.5) is 0 Å². The Kier molecular flexibility index (Phi) is 5.56. The number of rotatable bonds is 6. The Balaban J connectivity index is 2.27. The third-order valence-corrected chi connectivity index (χ3v) is 4.05. The zero-order chi connectivity index (χ0) is 11.1. The normalized spacial score (nSPS) is 19.3. The van der Waals surface area contributed by atoms with Gasteiger partial charge in [-0.3, -0.25) is 0 Å². The first-order valence-electron chi connectivity index (χ1n) is 5.72. The summed E-state index contributed by atoms with van der Waals surface area (Å²) in [7, 11) is -3.13. The van der Waals surface area contributed by atoms with Gasteiger partial charge in [-0.1, -0.05) is 19.3 Å². The van der Waals surface area contributed by atoms with Gasteiger partial charge >= 0.3 is 0 Å². The summed E-state index contributed by atoms with van der Waals surface area (Å²) < 4.78 is 31.0. The van der Waals surface area contributed by atoms with Crippen LogP contribution in [0.2, 0.25) is 0 Å². The molecule has 90 valence electrons. The number of hydrogen-bond acceptors (Lipinski definition) is 3. The fraction of sp³-hybridized carbons (Fsp3) is 1.00. The highest BCUT2D eigenvalue weighted by atomic mass is 32.2. The lowest BCUT2D eigenvalue weighted by Crippen LogP contribution is -2.38. The largest absolute Gasteiger partial charge is 0.381 e. The van der Waals surface area contributed by atoms with Gasteiger partial charge < -0.3 is 4.74 Å². The Labute approximate surface area is 92.4 Å². The van der Waals surface area contributed by atoms with E-state index in [2.05, 4.69) is 4.72 Å². The summed E-state index contributed by atoms with van der Waals surface area (Å²) in [5.74, 6) is 0.0807. The third-order valence-electron chi connectivity index (χ3n) is 2.65. The molecule has 1 aliphatic rings. The van der Waals surface area contributed by atoms with Crippen LogP contribution in [-0.4, -0.2) is 33.4 Å². The average molecular weight is 235 g/mol. The fourth-order valence-corrected chi connectivity index (χ4v) is 3.04. The van der Waals surface area contributed by atoms with E-state index in [-0.39, 0.29) is 11.8 Å². The SMILES string of the molecule is CCOCCS(=O)(=O)NC1CCCCC1. The average Bonchev–Trinajstić information content (AvgIpc) is 2.18. The second-order valence-corrected chi connectivity index (χ2v) is 5.84. The van der Waals surface area contributed by atoms with Crippen LogP contribution < -0.4 is 4.72 Å². The van der Waals surface area contributed by atoms with Crippen molar-refractivity contribution in [2.45, 2.75) is 45.1 Å². The third kappa shape index (κ3) is 5.49. The Morgan fingerprint density at radius 1 is 1.27 bits per heavy atom. The van der Waals surface area contributed by atoms with Crippen molar-refractivity contribution in [2.24, 2.45) is 0 Å². The fourth-order valence-electron chi connectivity index (χ4n) is 1.85. The monoisotopic (exact) mass is 235 g/mol. The van der Waals surface area contributed by atoms with Crippen LogP contribution in [0.3, 0.4) is 0 Å². The van der Waals surface area contributed by atoms with E-state index in [0.29, 0.717) is 13.2 Å². The molecular formula is C10H21NO3S. The highest BCUT2D eigenvalue weighted by molar-refractivity contribution is 7.89. The Bertz CT molecular complexity index is 258. The van der Waals surface area contributed by atoms with Crippen LogP contribution in [0.1, 0.15) is 39.0 Å². The van der Waals surface area contributed by atoms with Gasteiger partial charge in [-0.25, -0.2) is 13.1 Å². The van der Waals surface area contributed by atoms with E-state index in [1.807, 2.05) is 6.92 Å². The van der Waals surface area contributed by atoms with Gasteiger partial charge in [-0.2, -0.15) is 0 Å². The van der Waals surface area contributed by atoms with Crippen molar-refractivity contribution < 1.29 is 13.2 Å². The zero-order valence-electron chi connectivity index (χ0n) is 9.37. The second kappa shape index (κ2) is 6.45. The smallest absolute Gasteiger partial charge is 0.214 e. The molecule has 1 aliphatic carbocycles. The molecule has 0 saturated heterocycles. The van der Waals surface area contributed by atoms with E-state index in [1.165, 1.54) is 6.42 Å². The number of ether oxygens (including phenoxy) is 1. The first-order valence-corrected chi connectivity index (χ1v) is 7.37. The molecule has 0 aromatic rings. The number of sulfonamides is 1. The maximum Gasteiger partial charge on any atom is 0.214 e. The molecule has 15 heavy (non-hydrogen) atoms. The molecule has 0 aromatic heterocycles. The molecule has 0 amide bonds. The van der Waals surface area contributed by atoms with Crippen molar-refractivity contribution in [1.82, 2.24) is 4.72 Å². The van der Waals surface area contributed by atoms with Crippen molar-refractivity contribution in [1.29, 1.82) is 0 Å². The molecule has 4 nitrogen and oxygen atoms in total. The molecule has 1 rings (SSSR count). The van der Waals surface area contributed by atoms with Gasteiger partial charge in [0.25, 0.3) is 0 Å². The summed E-state index contributed by atoms with van der Waals surface area (Å²) in [6, 6.07) is 0.158. The minimum atomic E-state index is -3.13. The van der Waals surface area contributed by atoms with E-state index in [1.54, 1.807) is 0 Å². The standard InChI is InChI=1S/C10H21NO3S/c1-2-14-8-9-15(12,13)11-10-6-4-3-5-7-10/h10-11H,2-9H2,1H3. The Hall–Kier alpha value is -0.130. The van der Waals surface area contributed by atoms with Crippen molar-refractivity contribution in [3.05, 3.63) is 0 Å². The molecule has 5 heteroatoms. The van der Waals surface area contributed by atoms with E-state index >= 15 is 0 Å². The summed E-state index contributed by atoms with van der Waals surface area (Å²) in [5, 5.41) is 0. The van der Waals surface area contributed by atoms with Gasteiger partial charge in [0.1, 0.15) is 0 Å². The van der Waals surface area contributed by atoms with Gasteiger partial charge in [-0.05, 0) is 19.8 Å². The maximum atomic E-state index is 11.6. The van der Waals surface area contributed by atoms with Gasteiger partial charge in [-0.15, -0.1) is 0 Å². The molecule has 0 atom stereocenters. The molecule has 0 aliphatic heterocycles. The lowest BCUT2D eigenvalue weighted by molar-refractivity contribution is 0.163. The number of nitrogens with one attached hydrogen (secondary N) is 1. The molecule has 0 spiro atoms. The summed E-state index contributed by atoms with van der Waals surface area (Å²) >= 11 is 0. The molecule has 0 heterocycles. The topological polar surface area (TPSA) is 55.4 Å². The zero-order valence-corrected chi connectivity index (χ0v) is 10.2. The summed E-state index contributed by atoms with van der Waals surface area (Å²) in [6.45, 7) is 2.72. The minimum absolute atomic E-state index is 0.0807. The molecule has 1 N–H and O–H groups in total.